The van der Waals surface area contributed by atoms with Crippen LogP contribution in [0.3, 0.4) is 0 Å². The fourth-order valence-electron chi connectivity index (χ4n) is 5.50. The molecule has 34 heavy (non-hydrogen) atoms. The van der Waals surface area contributed by atoms with Crippen molar-refractivity contribution >= 4 is 27.8 Å². The second kappa shape index (κ2) is 7.60. The predicted octanol–water partition coefficient (Wildman–Crippen LogP) is 9.23. The summed E-state index contributed by atoms with van der Waals surface area (Å²) in [7, 11) is 0. The normalized spacial score (nSPS) is 13.5. The van der Waals surface area contributed by atoms with Gasteiger partial charge in [-0.25, -0.2) is 0 Å². The summed E-state index contributed by atoms with van der Waals surface area (Å²) in [5.74, 6) is 0. The highest BCUT2D eigenvalue weighted by molar-refractivity contribution is 5.99. The van der Waals surface area contributed by atoms with Crippen molar-refractivity contribution in [1.29, 1.82) is 0 Å². The van der Waals surface area contributed by atoms with E-state index in [0.717, 1.165) is 0 Å². The van der Waals surface area contributed by atoms with E-state index >= 15 is 0 Å². The molecule has 0 amide bonds. The molecule has 0 bridgehead atoms. The van der Waals surface area contributed by atoms with Crippen molar-refractivity contribution in [2.75, 3.05) is 4.90 Å². The molecular weight excluding hydrogens is 410 g/mol. The molecule has 0 heterocycles. The van der Waals surface area contributed by atoms with E-state index in [2.05, 4.69) is 136 Å². The molecule has 0 fully saturated rings. The van der Waals surface area contributed by atoms with Gasteiger partial charge in [0.25, 0.3) is 0 Å². The summed E-state index contributed by atoms with van der Waals surface area (Å²) in [5.41, 5.74) is 11.6. The van der Waals surface area contributed by atoms with Crippen LogP contribution in [-0.4, -0.2) is 0 Å². The van der Waals surface area contributed by atoms with Gasteiger partial charge in [0, 0.05) is 22.2 Å². The first-order valence-electron chi connectivity index (χ1n) is 12.0. The topological polar surface area (TPSA) is 3.24 Å². The number of benzene rings is 5. The predicted molar refractivity (Wildman–Crippen MR) is 146 cm³/mol. The maximum Gasteiger partial charge on any atom is 0.0540 e. The minimum atomic E-state index is -0.0373. The average molecular weight is 440 g/mol. The monoisotopic (exact) mass is 439 g/mol. The van der Waals surface area contributed by atoms with Crippen molar-refractivity contribution < 1.29 is 0 Å². The van der Waals surface area contributed by atoms with Gasteiger partial charge < -0.3 is 4.90 Å². The Labute approximate surface area is 202 Å². The van der Waals surface area contributed by atoms with Crippen LogP contribution in [0.4, 0.5) is 17.1 Å². The van der Waals surface area contributed by atoms with Crippen molar-refractivity contribution in [1.82, 2.24) is 0 Å². The minimum Gasteiger partial charge on any atom is -0.310 e. The first-order valence-corrected chi connectivity index (χ1v) is 12.0. The summed E-state index contributed by atoms with van der Waals surface area (Å²) in [4.78, 5) is 2.41. The lowest BCUT2D eigenvalue weighted by molar-refractivity contribution is 0.660. The maximum absolute atomic E-state index is 2.41. The molecule has 6 rings (SSSR count). The summed E-state index contributed by atoms with van der Waals surface area (Å²) in [6.07, 6.45) is 0. The molecule has 0 N–H and O–H groups in total. The number of aryl methyl sites for hydroxylation is 2. The molecule has 166 valence electrons. The van der Waals surface area contributed by atoms with E-state index in [1.807, 2.05) is 0 Å². The van der Waals surface area contributed by atoms with Crippen LogP contribution in [0.1, 0.15) is 36.1 Å². The van der Waals surface area contributed by atoms with Crippen molar-refractivity contribution in [2.24, 2.45) is 0 Å². The molecule has 1 aliphatic carbocycles. The third-order valence-electron chi connectivity index (χ3n) is 7.37. The molecule has 0 saturated heterocycles. The molecule has 0 aliphatic heterocycles. The molecule has 5 aromatic rings. The van der Waals surface area contributed by atoms with Crippen molar-refractivity contribution in [3.05, 3.63) is 125 Å². The fourth-order valence-corrected chi connectivity index (χ4v) is 5.50. The van der Waals surface area contributed by atoms with Gasteiger partial charge in [0.2, 0.25) is 0 Å². The summed E-state index contributed by atoms with van der Waals surface area (Å²) in [6, 6.07) is 38.0. The largest absolute Gasteiger partial charge is 0.310 e. The molecule has 0 spiro atoms. The molecule has 0 aromatic heterocycles. The van der Waals surface area contributed by atoms with Crippen LogP contribution in [0.5, 0.6) is 0 Å². The molecule has 5 aromatic carbocycles. The second-order valence-electron chi connectivity index (χ2n) is 10.1. The van der Waals surface area contributed by atoms with E-state index < -0.39 is 0 Å². The van der Waals surface area contributed by atoms with Gasteiger partial charge in [0.05, 0.1) is 5.69 Å². The van der Waals surface area contributed by atoms with Gasteiger partial charge in [-0.3, -0.25) is 0 Å². The zero-order chi connectivity index (χ0) is 23.4. The Morgan fingerprint density at radius 1 is 0.559 bits per heavy atom. The molecule has 1 heteroatoms. The lowest BCUT2D eigenvalue weighted by atomic mass is 9.82. The highest BCUT2D eigenvalue weighted by atomic mass is 15.1. The lowest BCUT2D eigenvalue weighted by Crippen LogP contribution is -2.16. The fraction of sp³-hybridized carbons (Fsp3) is 0.152. The van der Waals surface area contributed by atoms with Crippen LogP contribution in [0.15, 0.2) is 103 Å². The van der Waals surface area contributed by atoms with Gasteiger partial charge >= 0.3 is 0 Å². The van der Waals surface area contributed by atoms with Crippen molar-refractivity contribution in [2.45, 2.75) is 33.1 Å². The Balaban J connectivity index is 1.59. The Kier molecular flexibility index (Phi) is 4.64. The smallest absolute Gasteiger partial charge is 0.0540 e. The average Bonchev–Trinajstić information content (AvgIpc) is 3.07. The standard InChI is InChI=1S/C33H29N/c1-22-12-15-25(16-13-22)34(32-11-7-9-24-8-5-6-10-27(24)32)26-17-19-29-28-18-14-23(2)20-30(28)33(3,4)31(29)21-26/h5-21H,1-4H3. The van der Waals surface area contributed by atoms with Gasteiger partial charge in [0.1, 0.15) is 0 Å². The molecule has 1 nitrogen and oxygen atoms in total. The van der Waals surface area contributed by atoms with E-state index in [-0.39, 0.29) is 5.41 Å². The number of fused-ring (bicyclic) bond motifs is 4. The van der Waals surface area contributed by atoms with Gasteiger partial charge in [-0.05, 0) is 71.8 Å². The van der Waals surface area contributed by atoms with Gasteiger partial charge in [-0.2, -0.15) is 0 Å². The highest BCUT2D eigenvalue weighted by Crippen LogP contribution is 2.51. The van der Waals surface area contributed by atoms with Crippen LogP contribution >= 0.6 is 0 Å². The van der Waals surface area contributed by atoms with Gasteiger partial charge in [-0.1, -0.05) is 97.8 Å². The highest BCUT2D eigenvalue weighted by Gasteiger charge is 2.36. The van der Waals surface area contributed by atoms with E-state index in [0.29, 0.717) is 0 Å². The number of rotatable bonds is 3. The lowest BCUT2D eigenvalue weighted by Gasteiger charge is -2.29. The first kappa shape index (κ1) is 20.7. The zero-order valence-corrected chi connectivity index (χ0v) is 20.3. The van der Waals surface area contributed by atoms with Crippen LogP contribution in [0, 0.1) is 13.8 Å². The maximum atomic E-state index is 2.41. The SMILES string of the molecule is Cc1ccc(N(c2ccc3c(c2)C(C)(C)c2cc(C)ccc2-3)c2cccc3ccccc23)cc1. The molecule has 1 aliphatic rings. The molecule has 0 unspecified atom stereocenters. The Morgan fingerprint density at radius 2 is 1.18 bits per heavy atom. The van der Waals surface area contributed by atoms with Gasteiger partial charge in [-0.15, -0.1) is 0 Å². The summed E-state index contributed by atoms with van der Waals surface area (Å²) < 4.78 is 0. The Hall–Kier alpha value is -3.84. The van der Waals surface area contributed by atoms with Crippen molar-refractivity contribution in [3.8, 4) is 11.1 Å². The van der Waals surface area contributed by atoms with Crippen LogP contribution in [-0.2, 0) is 5.41 Å². The first-order chi connectivity index (χ1) is 16.4. The van der Waals surface area contributed by atoms with Gasteiger partial charge in [0.15, 0.2) is 0 Å². The van der Waals surface area contributed by atoms with Crippen molar-refractivity contribution in [3.63, 3.8) is 0 Å². The van der Waals surface area contributed by atoms with E-state index in [4.69, 9.17) is 0 Å². The zero-order valence-electron chi connectivity index (χ0n) is 20.3. The van der Waals surface area contributed by atoms with E-state index in [1.54, 1.807) is 0 Å². The van der Waals surface area contributed by atoms with Crippen LogP contribution in [0.25, 0.3) is 21.9 Å². The van der Waals surface area contributed by atoms with Crippen LogP contribution < -0.4 is 4.90 Å². The molecule has 0 atom stereocenters. The number of hydrogen-bond acceptors (Lipinski definition) is 1. The molecule has 0 radical (unpaired) electrons. The number of anilines is 3. The number of hydrogen-bond donors (Lipinski definition) is 0. The Morgan fingerprint density at radius 3 is 1.97 bits per heavy atom. The van der Waals surface area contributed by atoms with E-state index in [9.17, 15) is 0 Å². The Bertz CT molecular complexity index is 1530. The second-order valence-corrected chi connectivity index (χ2v) is 10.1. The minimum absolute atomic E-state index is 0.0373. The third-order valence-corrected chi connectivity index (χ3v) is 7.37. The molecular formula is C33H29N. The van der Waals surface area contributed by atoms with Crippen LogP contribution in [0.2, 0.25) is 0 Å². The summed E-state index contributed by atoms with van der Waals surface area (Å²) in [5, 5.41) is 2.51. The quantitative estimate of drug-likeness (QED) is 0.271. The number of nitrogens with zero attached hydrogens (tertiary/aromatic N) is 1. The van der Waals surface area contributed by atoms with E-state index in [1.165, 1.54) is 61.2 Å². The summed E-state index contributed by atoms with van der Waals surface area (Å²) in [6.45, 7) is 9.04. The summed E-state index contributed by atoms with van der Waals surface area (Å²) >= 11 is 0. The molecule has 0 saturated carbocycles. The third kappa shape index (κ3) is 3.15.